The Bertz CT molecular complexity index is 342. The van der Waals surface area contributed by atoms with Crippen LogP contribution in [0, 0.1) is 11.6 Å². The number of halogens is 2. The average molecular weight is 229 g/mol. The Morgan fingerprint density at radius 1 is 1.31 bits per heavy atom. The number of aliphatic hydroxyl groups is 1. The molecule has 0 fully saturated rings. The highest BCUT2D eigenvalue weighted by Crippen LogP contribution is 2.11. The van der Waals surface area contributed by atoms with Gasteiger partial charge in [-0.2, -0.15) is 0 Å². The fraction of sp³-hybridized carbons (Fsp3) is 0.500. The average Bonchev–Trinajstić information content (AvgIpc) is 2.20. The van der Waals surface area contributed by atoms with Gasteiger partial charge < -0.3 is 10.4 Å². The summed E-state index contributed by atoms with van der Waals surface area (Å²) in [6.45, 7) is 4.28. The van der Waals surface area contributed by atoms with Crippen molar-refractivity contribution in [3.8, 4) is 0 Å². The minimum atomic E-state index is -0.710. The molecular formula is C12H17F2NO. The van der Waals surface area contributed by atoms with Crippen LogP contribution in [0.25, 0.3) is 0 Å². The molecule has 2 nitrogen and oxygen atoms in total. The zero-order valence-corrected chi connectivity index (χ0v) is 9.50. The highest BCUT2D eigenvalue weighted by molar-refractivity contribution is 5.19. The Morgan fingerprint density at radius 3 is 2.62 bits per heavy atom. The van der Waals surface area contributed by atoms with Crippen molar-refractivity contribution < 1.29 is 13.9 Å². The van der Waals surface area contributed by atoms with E-state index >= 15 is 0 Å². The van der Waals surface area contributed by atoms with E-state index in [4.69, 9.17) is 0 Å². The zero-order chi connectivity index (χ0) is 12.1. The molecule has 1 aromatic rings. The Morgan fingerprint density at radius 2 is 2.00 bits per heavy atom. The summed E-state index contributed by atoms with van der Waals surface area (Å²) in [5.41, 5.74) is 0.207. The molecule has 2 N–H and O–H groups in total. The van der Waals surface area contributed by atoms with Crippen LogP contribution in [0.4, 0.5) is 8.78 Å². The molecule has 4 heteroatoms. The molecule has 0 saturated heterocycles. The summed E-state index contributed by atoms with van der Waals surface area (Å²) in [5.74, 6) is -0.967. The molecule has 90 valence electrons. The Labute approximate surface area is 94.3 Å². The number of hydrogen-bond donors (Lipinski definition) is 2. The highest BCUT2D eigenvalue weighted by atomic mass is 19.1. The largest absolute Gasteiger partial charge is 0.391 e. The van der Waals surface area contributed by atoms with Gasteiger partial charge in [0.05, 0.1) is 6.10 Å². The second-order valence-corrected chi connectivity index (χ2v) is 4.16. The van der Waals surface area contributed by atoms with Gasteiger partial charge in [0.2, 0.25) is 0 Å². The molecular weight excluding hydrogens is 212 g/mol. The first-order chi connectivity index (χ1) is 7.49. The van der Waals surface area contributed by atoms with Crippen molar-refractivity contribution in [1.82, 2.24) is 5.32 Å². The maximum atomic E-state index is 13.2. The van der Waals surface area contributed by atoms with Gasteiger partial charge in [-0.15, -0.1) is 0 Å². The van der Waals surface area contributed by atoms with Crippen molar-refractivity contribution in [3.05, 3.63) is 35.4 Å². The van der Waals surface area contributed by atoms with Gasteiger partial charge in [0.1, 0.15) is 11.6 Å². The van der Waals surface area contributed by atoms with Crippen LogP contribution in [-0.4, -0.2) is 23.8 Å². The molecule has 0 spiro atoms. The maximum absolute atomic E-state index is 13.2. The molecule has 0 amide bonds. The fourth-order valence-electron chi connectivity index (χ4n) is 1.40. The lowest BCUT2D eigenvalue weighted by atomic mass is 10.1. The van der Waals surface area contributed by atoms with Gasteiger partial charge in [0.15, 0.2) is 0 Å². The molecule has 1 aromatic carbocycles. The standard InChI is InChI=1S/C12H17F2NO/c1-8(2)15-7-11(16)6-9-5-10(13)3-4-12(9)14/h3-5,8,11,15-16H,6-7H2,1-2H3. The van der Waals surface area contributed by atoms with E-state index in [1.807, 2.05) is 13.8 Å². The van der Waals surface area contributed by atoms with Gasteiger partial charge in [-0.05, 0) is 23.8 Å². The maximum Gasteiger partial charge on any atom is 0.126 e. The van der Waals surface area contributed by atoms with Crippen molar-refractivity contribution in [3.63, 3.8) is 0 Å². The highest BCUT2D eigenvalue weighted by Gasteiger charge is 2.10. The molecule has 0 aliphatic carbocycles. The van der Waals surface area contributed by atoms with E-state index in [0.717, 1.165) is 18.2 Å². The van der Waals surface area contributed by atoms with Gasteiger partial charge in [-0.3, -0.25) is 0 Å². The third-order valence-electron chi connectivity index (χ3n) is 2.23. The molecule has 0 aliphatic heterocycles. The summed E-state index contributed by atoms with van der Waals surface area (Å²) >= 11 is 0. The first-order valence-electron chi connectivity index (χ1n) is 5.34. The Kier molecular flexibility index (Phi) is 4.83. The lowest BCUT2D eigenvalue weighted by Gasteiger charge is -2.14. The molecule has 0 aliphatic rings. The van der Waals surface area contributed by atoms with Crippen LogP contribution in [0.3, 0.4) is 0 Å². The van der Waals surface area contributed by atoms with Crippen molar-refractivity contribution >= 4 is 0 Å². The second kappa shape index (κ2) is 5.92. The summed E-state index contributed by atoms with van der Waals surface area (Å²) in [6, 6.07) is 3.52. The lowest BCUT2D eigenvalue weighted by Crippen LogP contribution is -2.33. The molecule has 0 aromatic heterocycles. The Hall–Kier alpha value is -1.00. The Balaban J connectivity index is 2.55. The second-order valence-electron chi connectivity index (χ2n) is 4.16. The minimum absolute atomic E-state index is 0.114. The monoisotopic (exact) mass is 229 g/mol. The van der Waals surface area contributed by atoms with Crippen LogP contribution < -0.4 is 5.32 Å². The predicted octanol–water partition coefficient (Wildman–Crippen LogP) is 1.87. The summed E-state index contributed by atoms with van der Waals surface area (Å²) < 4.78 is 26.1. The third kappa shape index (κ3) is 4.24. The zero-order valence-electron chi connectivity index (χ0n) is 9.50. The predicted molar refractivity (Wildman–Crippen MR) is 59.2 cm³/mol. The van der Waals surface area contributed by atoms with Gasteiger partial charge in [0, 0.05) is 19.0 Å². The minimum Gasteiger partial charge on any atom is -0.391 e. The van der Waals surface area contributed by atoms with Crippen LogP contribution in [-0.2, 0) is 6.42 Å². The number of aliphatic hydroxyl groups excluding tert-OH is 1. The first kappa shape index (κ1) is 13.1. The molecule has 1 unspecified atom stereocenters. The lowest BCUT2D eigenvalue weighted by molar-refractivity contribution is 0.167. The van der Waals surface area contributed by atoms with Crippen LogP contribution in [0.1, 0.15) is 19.4 Å². The number of rotatable bonds is 5. The number of nitrogens with one attached hydrogen (secondary N) is 1. The van der Waals surface area contributed by atoms with Crippen LogP contribution in [0.5, 0.6) is 0 Å². The molecule has 16 heavy (non-hydrogen) atoms. The molecule has 1 rings (SSSR count). The molecule has 0 bridgehead atoms. The van der Waals surface area contributed by atoms with E-state index in [9.17, 15) is 13.9 Å². The van der Waals surface area contributed by atoms with E-state index in [1.54, 1.807) is 0 Å². The van der Waals surface area contributed by atoms with Crippen LogP contribution in [0.15, 0.2) is 18.2 Å². The summed E-state index contributed by atoms with van der Waals surface area (Å²) in [5, 5.41) is 12.6. The fourth-order valence-corrected chi connectivity index (χ4v) is 1.40. The van der Waals surface area contributed by atoms with E-state index in [2.05, 4.69) is 5.32 Å². The van der Waals surface area contributed by atoms with E-state index in [1.165, 1.54) is 0 Å². The number of benzene rings is 1. The van der Waals surface area contributed by atoms with E-state index < -0.39 is 17.7 Å². The van der Waals surface area contributed by atoms with E-state index in [-0.39, 0.29) is 18.0 Å². The van der Waals surface area contributed by atoms with Gasteiger partial charge in [-0.25, -0.2) is 8.78 Å². The summed E-state index contributed by atoms with van der Waals surface area (Å²) in [7, 11) is 0. The smallest absolute Gasteiger partial charge is 0.126 e. The quantitative estimate of drug-likeness (QED) is 0.807. The molecule has 0 heterocycles. The summed E-state index contributed by atoms with van der Waals surface area (Å²) in [6.07, 6.45) is -0.595. The van der Waals surface area contributed by atoms with E-state index in [0.29, 0.717) is 6.54 Å². The van der Waals surface area contributed by atoms with Gasteiger partial charge in [0.25, 0.3) is 0 Å². The molecule has 0 radical (unpaired) electrons. The number of hydrogen-bond acceptors (Lipinski definition) is 2. The van der Waals surface area contributed by atoms with Crippen molar-refractivity contribution in [1.29, 1.82) is 0 Å². The third-order valence-corrected chi connectivity index (χ3v) is 2.23. The van der Waals surface area contributed by atoms with Crippen molar-refractivity contribution in [2.24, 2.45) is 0 Å². The SMILES string of the molecule is CC(C)NCC(O)Cc1cc(F)ccc1F. The first-order valence-corrected chi connectivity index (χ1v) is 5.34. The normalized spacial score (nSPS) is 13.1. The summed E-state index contributed by atoms with van der Waals surface area (Å²) in [4.78, 5) is 0. The van der Waals surface area contributed by atoms with Crippen molar-refractivity contribution in [2.75, 3.05) is 6.54 Å². The van der Waals surface area contributed by atoms with Gasteiger partial charge >= 0.3 is 0 Å². The van der Waals surface area contributed by atoms with Crippen LogP contribution in [0.2, 0.25) is 0 Å². The van der Waals surface area contributed by atoms with Crippen molar-refractivity contribution in [2.45, 2.75) is 32.4 Å². The molecule has 1 atom stereocenters. The topological polar surface area (TPSA) is 32.3 Å². The molecule has 0 saturated carbocycles. The van der Waals surface area contributed by atoms with Crippen LogP contribution >= 0.6 is 0 Å². The van der Waals surface area contributed by atoms with Gasteiger partial charge in [-0.1, -0.05) is 13.8 Å².